The van der Waals surface area contributed by atoms with Gasteiger partial charge in [0.25, 0.3) is 5.91 Å². The molecule has 1 saturated heterocycles. The van der Waals surface area contributed by atoms with Gasteiger partial charge in [-0.25, -0.2) is 0 Å². The summed E-state index contributed by atoms with van der Waals surface area (Å²) in [5.41, 5.74) is -1.22. The number of piperidine rings is 1. The third-order valence-electron chi connectivity index (χ3n) is 4.25. The van der Waals surface area contributed by atoms with Crippen LogP contribution in [-0.2, 0) is 12.7 Å². The number of alkyl halides is 3. The summed E-state index contributed by atoms with van der Waals surface area (Å²) < 4.78 is 45.2. The van der Waals surface area contributed by atoms with E-state index in [4.69, 9.17) is 4.42 Å². The normalized spacial score (nSPS) is 15.8. The zero-order chi connectivity index (χ0) is 18.7. The van der Waals surface area contributed by atoms with Gasteiger partial charge in [-0.05, 0) is 56.3 Å². The molecule has 3 rings (SSSR count). The number of nitrogens with zero attached hydrogens (tertiary/aromatic N) is 1. The molecule has 0 unspecified atom stereocenters. The molecule has 26 heavy (non-hydrogen) atoms. The smallest absolute Gasteiger partial charge is 0.418 e. The molecule has 1 aromatic heterocycles. The molecule has 2 aromatic rings. The van der Waals surface area contributed by atoms with E-state index < -0.39 is 17.6 Å². The Labute approximate surface area is 157 Å². The summed E-state index contributed by atoms with van der Waals surface area (Å²) in [6.07, 6.45) is -1.08. The summed E-state index contributed by atoms with van der Waals surface area (Å²) in [5, 5.41) is 2.29. The minimum absolute atomic E-state index is 0.00643. The summed E-state index contributed by atoms with van der Waals surface area (Å²) in [6.45, 7) is 2.56. The van der Waals surface area contributed by atoms with Crippen molar-refractivity contribution in [3.63, 3.8) is 0 Å². The van der Waals surface area contributed by atoms with Gasteiger partial charge in [0.2, 0.25) is 0 Å². The summed E-state index contributed by atoms with van der Waals surface area (Å²) in [6, 6.07) is 6.76. The molecular formula is C18H18BrF3N2O2. The zero-order valence-electron chi connectivity index (χ0n) is 13.9. The largest absolute Gasteiger partial charge is 0.455 e. The summed E-state index contributed by atoms with van der Waals surface area (Å²) >= 11 is 3.01. The molecule has 140 valence electrons. The molecular weight excluding hydrogens is 413 g/mol. The van der Waals surface area contributed by atoms with Gasteiger partial charge in [0, 0.05) is 4.47 Å². The van der Waals surface area contributed by atoms with Crippen LogP contribution in [0.3, 0.4) is 0 Å². The fourth-order valence-corrected chi connectivity index (χ4v) is 3.33. The first-order chi connectivity index (χ1) is 12.3. The van der Waals surface area contributed by atoms with Crippen LogP contribution in [-0.4, -0.2) is 23.9 Å². The molecule has 4 nitrogen and oxygen atoms in total. The van der Waals surface area contributed by atoms with E-state index in [9.17, 15) is 18.0 Å². The first-order valence-electron chi connectivity index (χ1n) is 8.32. The minimum Gasteiger partial charge on any atom is -0.455 e. The van der Waals surface area contributed by atoms with Crippen molar-refractivity contribution in [1.82, 2.24) is 4.90 Å². The zero-order valence-corrected chi connectivity index (χ0v) is 15.5. The number of furan rings is 1. The highest BCUT2D eigenvalue weighted by atomic mass is 79.9. The molecule has 1 aliphatic rings. The Kier molecular flexibility index (Phi) is 5.72. The predicted octanol–water partition coefficient (Wildman–Crippen LogP) is 5.30. The van der Waals surface area contributed by atoms with Gasteiger partial charge in [-0.1, -0.05) is 22.4 Å². The van der Waals surface area contributed by atoms with Crippen LogP contribution in [0, 0.1) is 0 Å². The van der Waals surface area contributed by atoms with Gasteiger partial charge >= 0.3 is 6.18 Å². The van der Waals surface area contributed by atoms with Crippen molar-refractivity contribution >= 4 is 27.5 Å². The van der Waals surface area contributed by atoms with Crippen molar-refractivity contribution in [3.05, 3.63) is 51.9 Å². The molecule has 0 aliphatic carbocycles. The molecule has 1 aromatic carbocycles. The Hall–Kier alpha value is -1.80. The average Bonchev–Trinajstić information content (AvgIpc) is 3.05. The maximum Gasteiger partial charge on any atom is 0.418 e. The van der Waals surface area contributed by atoms with Crippen LogP contribution in [0.25, 0.3) is 0 Å². The van der Waals surface area contributed by atoms with Crippen molar-refractivity contribution in [2.45, 2.75) is 32.0 Å². The maximum absolute atomic E-state index is 13.1. The Balaban J connectivity index is 1.71. The molecule has 1 aliphatic heterocycles. The van der Waals surface area contributed by atoms with Crippen LogP contribution >= 0.6 is 15.9 Å². The molecule has 1 amide bonds. The van der Waals surface area contributed by atoms with Gasteiger partial charge in [-0.15, -0.1) is 0 Å². The molecule has 0 spiro atoms. The highest BCUT2D eigenvalue weighted by molar-refractivity contribution is 9.10. The Bertz CT molecular complexity index is 783. The molecule has 1 N–H and O–H groups in total. The second-order valence-electron chi connectivity index (χ2n) is 6.24. The molecule has 0 saturated carbocycles. The highest BCUT2D eigenvalue weighted by Crippen LogP contribution is 2.36. The molecule has 8 heteroatoms. The van der Waals surface area contributed by atoms with Crippen LogP contribution in [0.2, 0.25) is 0 Å². The predicted molar refractivity (Wildman–Crippen MR) is 94.9 cm³/mol. The van der Waals surface area contributed by atoms with E-state index in [-0.39, 0.29) is 15.9 Å². The Morgan fingerprint density at radius 3 is 2.58 bits per heavy atom. The van der Waals surface area contributed by atoms with Crippen molar-refractivity contribution in [1.29, 1.82) is 0 Å². The number of benzene rings is 1. The molecule has 0 radical (unpaired) electrons. The van der Waals surface area contributed by atoms with Crippen molar-refractivity contribution in [2.75, 3.05) is 18.4 Å². The molecule has 0 bridgehead atoms. The first kappa shape index (κ1) is 19.0. The Morgan fingerprint density at radius 1 is 1.15 bits per heavy atom. The number of anilines is 1. The summed E-state index contributed by atoms with van der Waals surface area (Å²) in [4.78, 5) is 14.5. The van der Waals surface area contributed by atoms with E-state index in [1.807, 2.05) is 0 Å². The van der Waals surface area contributed by atoms with Gasteiger partial charge in [0.1, 0.15) is 5.76 Å². The minimum atomic E-state index is -4.57. The van der Waals surface area contributed by atoms with Crippen LogP contribution in [0.5, 0.6) is 0 Å². The van der Waals surface area contributed by atoms with E-state index >= 15 is 0 Å². The second kappa shape index (κ2) is 7.84. The standard InChI is InChI=1S/C18H18BrF3N2O2/c19-12-4-6-15(14(10-12)18(20,21)22)23-17(25)16-7-5-13(26-16)11-24-8-2-1-3-9-24/h4-7,10H,1-3,8-9,11H2,(H,23,25). The van der Waals surface area contributed by atoms with Crippen molar-refractivity contribution in [2.24, 2.45) is 0 Å². The van der Waals surface area contributed by atoms with Gasteiger partial charge in [0.05, 0.1) is 17.8 Å². The number of carbonyl (C=O) groups excluding carboxylic acids is 1. The molecule has 0 atom stereocenters. The number of hydrogen-bond donors (Lipinski definition) is 1. The lowest BCUT2D eigenvalue weighted by Crippen LogP contribution is -2.28. The summed E-state index contributed by atoms with van der Waals surface area (Å²) in [5.74, 6) is -0.0836. The number of amides is 1. The topological polar surface area (TPSA) is 45.5 Å². The van der Waals surface area contributed by atoms with Crippen molar-refractivity contribution in [3.8, 4) is 0 Å². The fourth-order valence-electron chi connectivity index (χ4n) is 2.97. The van der Waals surface area contributed by atoms with Crippen molar-refractivity contribution < 1.29 is 22.4 Å². The third-order valence-corrected chi connectivity index (χ3v) is 4.74. The number of halogens is 4. The van der Waals surface area contributed by atoms with Gasteiger partial charge in [0.15, 0.2) is 5.76 Å². The number of rotatable bonds is 4. The number of hydrogen-bond acceptors (Lipinski definition) is 3. The highest BCUT2D eigenvalue weighted by Gasteiger charge is 2.34. The lowest BCUT2D eigenvalue weighted by molar-refractivity contribution is -0.137. The SMILES string of the molecule is O=C(Nc1ccc(Br)cc1C(F)(F)F)c1ccc(CN2CCCCC2)o1. The number of likely N-dealkylation sites (tertiary alicyclic amines) is 1. The summed E-state index contributed by atoms with van der Waals surface area (Å²) in [7, 11) is 0. The van der Waals surface area contributed by atoms with Crippen LogP contribution in [0.1, 0.15) is 41.1 Å². The Morgan fingerprint density at radius 2 is 1.88 bits per heavy atom. The van der Waals surface area contributed by atoms with Crippen LogP contribution in [0.4, 0.5) is 18.9 Å². The van der Waals surface area contributed by atoms with E-state index in [2.05, 4.69) is 26.1 Å². The van der Waals surface area contributed by atoms with E-state index in [0.717, 1.165) is 32.0 Å². The molecule has 2 heterocycles. The fraction of sp³-hybridized carbons (Fsp3) is 0.389. The van der Waals surface area contributed by atoms with Gasteiger partial charge in [-0.2, -0.15) is 13.2 Å². The lowest BCUT2D eigenvalue weighted by atomic mass is 10.1. The first-order valence-corrected chi connectivity index (χ1v) is 9.11. The van der Waals surface area contributed by atoms with E-state index in [0.29, 0.717) is 12.3 Å². The van der Waals surface area contributed by atoms with Crippen LogP contribution in [0.15, 0.2) is 39.2 Å². The maximum atomic E-state index is 13.1. The van der Waals surface area contributed by atoms with Crippen LogP contribution < -0.4 is 5.32 Å². The lowest BCUT2D eigenvalue weighted by Gasteiger charge is -2.25. The van der Waals surface area contributed by atoms with Gasteiger partial charge < -0.3 is 9.73 Å². The number of nitrogens with one attached hydrogen (secondary N) is 1. The number of carbonyl (C=O) groups is 1. The molecule has 1 fully saturated rings. The quantitative estimate of drug-likeness (QED) is 0.715. The third kappa shape index (κ3) is 4.67. The van der Waals surface area contributed by atoms with E-state index in [1.54, 1.807) is 6.07 Å². The van der Waals surface area contributed by atoms with E-state index in [1.165, 1.54) is 24.6 Å². The van der Waals surface area contributed by atoms with Gasteiger partial charge in [-0.3, -0.25) is 9.69 Å². The monoisotopic (exact) mass is 430 g/mol. The second-order valence-corrected chi connectivity index (χ2v) is 7.16. The average molecular weight is 431 g/mol.